The van der Waals surface area contributed by atoms with E-state index in [0.29, 0.717) is 37.2 Å². The monoisotopic (exact) mass is 358 g/mol. The maximum Gasteiger partial charge on any atom is 0.227 e. The second-order valence-electron chi connectivity index (χ2n) is 5.89. The molecule has 1 saturated heterocycles. The summed E-state index contributed by atoms with van der Waals surface area (Å²) in [4.78, 5) is 18.7. The quantitative estimate of drug-likeness (QED) is 0.910. The molecule has 7 heteroatoms. The van der Waals surface area contributed by atoms with Crippen molar-refractivity contribution in [2.24, 2.45) is 5.92 Å². The lowest BCUT2D eigenvalue weighted by molar-refractivity contribution is -0.120. The Morgan fingerprint density at radius 1 is 1.32 bits per heavy atom. The van der Waals surface area contributed by atoms with Crippen LogP contribution >= 0.6 is 11.6 Å². The molecule has 1 amide bonds. The smallest absolute Gasteiger partial charge is 0.227 e. The molecule has 25 heavy (non-hydrogen) atoms. The van der Waals surface area contributed by atoms with Crippen molar-refractivity contribution in [1.29, 1.82) is 5.26 Å². The van der Waals surface area contributed by atoms with E-state index in [9.17, 15) is 9.18 Å². The Morgan fingerprint density at radius 2 is 2.08 bits per heavy atom. The maximum absolute atomic E-state index is 13.2. The number of halogens is 2. The molecule has 1 aliphatic rings. The normalized spacial score (nSPS) is 14.8. The third-order valence-electron chi connectivity index (χ3n) is 4.25. The van der Waals surface area contributed by atoms with Crippen LogP contribution in [0.15, 0.2) is 36.5 Å². The van der Waals surface area contributed by atoms with E-state index in [0.717, 1.165) is 5.82 Å². The summed E-state index contributed by atoms with van der Waals surface area (Å²) in [6.45, 7) is 1.37. The van der Waals surface area contributed by atoms with Crippen LogP contribution in [0.2, 0.25) is 5.02 Å². The van der Waals surface area contributed by atoms with Crippen LogP contribution in [0.5, 0.6) is 0 Å². The first-order chi connectivity index (χ1) is 12.1. The van der Waals surface area contributed by atoms with Gasteiger partial charge in [0.05, 0.1) is 16.7 Å². The number of piperidine rings is 1. The SMILES string of the molecule is N#Cc1ccnc(N2CCC(C(=O)Nc3ccc(F)c(Cl)c3)CC2)c1. The van der Waals surface area contributed by atoms with Gasteiger partial charge in [0.2, 0.25) is 5.91 Å². The number of benzene rings is 1. The number of amides is 1. The molecule has 0 saturated carbocycles. The zero-order valence-electron chi connectivity index (χ0n) is 13.4. The highest BCUT2D eigenvalue weighted by Gasteiger charge is 2.26. The number of nitrogens with one attached hydrogen (secondary N) is 1. The largest absolute Gasteiger partial charge is 0.357 e. The topological polar surface area (TPSA) is 69.0 Å². The summed E-state index contributed by atoms with van der Waals surface area (Å²) in [5.41, 5.74) is 1.06. The molecule has 0 aliphatic carbocycles. The lowest BCUT2D eigenvalue weighted by Gasteiger charge is -2.32. The van der Waals surface area contributed by atoms with Crippen molar-refractivity contribution in [2.75, 3.05) is 23.3 Å². The zero-order chi connectivity index (χ0) is 17.8. The van der Waals surface area contributed by atoms with E-state index in [2.05, 4.69) is 21.3 Å². The number of carbonyl (C=O) groups is 1. The van der Waals surface area contributed by atoms with E-state index in [1.165, 1.54) is 18.2 Å². The molecule has 2 heterocycles. The van der Waals surface area contributed by atoms with E-state index < -0.39 is 5.82 Å². The molecule has 128 valence electrons. The van der Waals surface area contributed by atoms with Crippen molar-refractivity contribution < 1.29 is 9.18 Å². The van der Waals surface area contributed by atoms with Gasteiger partial charge in [-0.1, -0.05) is 11.6 Å². The van der Waals surface area contributed by atoms with Crippen LogP contribution in [0.1, 0.15) is 18.4 Å². The molecule has 1 fully saturated rings. The Labute approximate surface area is 150 Å². The minimum atomic E-state index is -0.514. The summed E-state index contributed by atoms with van der Waals surface area (Å²) >= 11 is 5.73. The highest BCUT2D eigenvalue weighted by Crippen LogP contribution is 2.25. The molecular weight excluding hydrogens is 343 g/mol. The molecule has 0 atom stereocenters. The van der Waals surface area contributed by atoms with Crippen molar-refractivity contribution in [3.63, 3.8) is 0 Å². The average molecular weight is 359 g/mol. The van der Waals surface area contributed by atoms with Gasteiger partial charge in [0.1, 0.15) is 11.6 Å². The molecule has 0 unspecified atom stereocenters. The van der Waals surface area contributed by atoms with Gasteiger partial charge in [0.25, 0.3) is 0 Å². The molecular formula is C18H16ClFN4O. The third-order valence-corrected chi connectivity index (χ3v) is 4.54. The van der Waals surface area contributed by atoms with Gasteiger partial charge in [-0.25, -0.2) is 9.37 Å². The van der Waals surface area contributed by atoms with E-state index in [-0.39, 0.29) is 16.8 Å². The first-order valence-electron chi connectivity index (χ1n) is 7.94. The third kappa shape index (κ3) is 4.06. The van der Waals surface area contributed by atoms with Gasteiger partial charge in [-0.2, -0.15) is 5.26 Å². The number of hydrogen-bond donors (Lipinski definition) is 1. The molecule has 0 radical (unpaired) electrons. The lowest BCUT2D eigenvalue weighted by atomic mass is 9.95. The number of anilines is 2. The minimum absolute atomic E-state index is 0.0175. The fourth-order valence-corrected chi connectivity index (χ4v) is 3.03. The van der Waals surface area contributed by atoms with Crippen LogP contribution in [-0.4, -0.2) is 24.0 Å². The fourth-order valence-electron chi connectivity index (χ4n) is 2.85. The van der Waals surface area contributed by atoms with Gasteiger partial charge >= 0.3 is 0 Å². The summed E-state index contributed by atoms with van der Waals surface area (Å²) in [6, 6.07) is 9.64. The van der Waals surface area contributed by atoms with Gasteiger partial charge in [-0.05, 0) is 43.2 Å². The first-order valence-corrected chi connectivity index (χ1v) is 8.31. The van der Waals surface area contributed by atoms with Crippen molar-refractivity contribution in [2.45, 2.75) is 12.8 Å². The number of carbonyl (C=O) groups excluding carboxylic acids is 1. The van der Waals surface area contributed by atoms with Gasteiger partial charge in [-0.15, -0.1) is 0 Å². The molecule has 1 N–H and O–H groups in total. The Kier molecular flexibility index (Phi) is 5.15. The molecule has 0 bridgehead atoms. The van der Waals surface area contributed by atoms with Crippen LogP contribution in [0.4, 0.5) is 15.9 Å². The van der Waals surface area contributed by atoms with E-state index in [4.69, 9.17) is 16.9 Å². The summed E-state index contributed by atoms with van der Waals surface area (Å²) in [6.07, 6.45) is 2.98. The van der Waals surface area contributed by atoms with Gasteiger partial charge in [0, 0.05) is 30.9 Å². The second kappa shape index (κ2) is 7.49. The highest BCUT2D eigenvalue weighted by atomic mass is 35.5. The van der Waals surface area contributed by atoms with E-state index in [1.807, 2.05) is 0 Å². The van der Waals surface area contributed by atoms with Crippen molar-refractivity contribution in [3.05, 3.63) is 52.9 Å². The molecule has 1 aromatic carbocycles. The molecule has 5 nitrogen and oxygen atoms in total. The highest BCUT2D eigenvalue weighted by molar-refractivity contribution is 6.31. The summed E-state index contributed by atoms with van der Waals surface area (Å²) in [7, 11) is 0. The van der Waals surface area contributed by atoms with E-state index in [1.54, 1.807) is 18.3 Å². The Balaban J connectivity index is 1.58. The summed E-state index contributed by atoms with van der Waals surface area (Å²) < 4.78 is 13.2. The minimum Gasteiger partial charge on any atom is -0.357 e. The van der Waals surface area contributed by atoms with Crippen LogP contribution < -0.4 is 10.2 Å². The molecule has 0 spiro atoms. The fraction of sp³-hybridized carbons (Fsp3) is 0.278. The number of aromatic nitrogens is 1. The standard InChI is InChI=1S/C18H16ClFN4O/c19-15-10-14(1-2-16(15)20)23-18(25)13-4-7-24(8-5-13)17-9-12(11-21)3-6-22-17/h1-3,6,9-10,13H,4-5,7-8H2,(H,23,25). The Morgan fingerprint density at radius 3 is 2.76 bits per heavy atom. The predicted octanol–water partition coefficient (Wildman–Crippen LogP) is 3.60. The Bertz CT molecular complexity index is 828. The van der Waals surface area contributed by atoms with Crippen molar-refractivity contribution in [1.82, 2.24) is 4.98 Å². The predicted molar refractivity (Wildman–Crippen MR) is 93.9 cm³/mol. The number of pyridine rings is 1. The number of nitriles is 1. The molecule has 2 aromatic rings. The van der Waals surface area contributed by atoms with Crippen LogP contribution in [-0.2, 0) is 4.79 Å². The van der Waals surface area contributed by atoms with Gasteiger partial charge in [-0.3, -0.25) is 4.79 Å². The summed E-state index contributed by atoms with van der Waals surface area (Å²) in [5.74, 6) is 0.0172. The zero-order valence-corrected chi connectivity index (χ0v) is 14.1. The lowest BCUT2D eigenvalue weighted by Crippen LogP contribution is -2.38. The molecule has 1 aliphatic heterocycles. The first kappa shape index (κ1) is 17.2. The van der Waals surface area contributed by atoms with Crippen LogP contribution in [0.25, 0.3) is 0 Å². The van der Waals surface area contributed by atoms with Gasteiger partial charge < -0.3 is 10.2 Å². The van der Waals surface area contributed by atoms with Crippen molar-refractivity contribution >= 4 is 29.0 Å². The van der Waals surface area contributed by atoms with Gasteiger partial charge in [0.15, 0.2) is 0 Å². The van der Waals surface area contributed by atoms with Crippen LogP contribution in [0, 0.1) is 23.1 Å². The maximum atomic E-state index is 13.2. The van der Waals surface area contributed by atoms with Crippen LogP contribution in [0.3, 0.4) is 0 Å². The number of rotatable bonds is 3. The number of nitrogens with zero attached hydrogens (tertiary/aromatic N) is 3. The van der Waals surface area contributed by atoms with Crippen molar-refractivity contribution in [3.8, 4) is 6.07 Å². The molecule has 1 aromatic heterocycles. The second-order valence-corrected chi connectivity index (χ2v) is 6.30. The Hall–Kier alpha value is -2.65. The number of hydrogen-bond acceptors (Lipinski definition) is 4. The summed E-state index contributed by atoms with van der Waals surface area (Å²) in [5, 5.41) is 11.7. The van der Waals surface area contributed by atoms with E-state index >= 15 is 0 Å². The average Bonchev–Trinajstić information content (AvgIpc) is 2.65. The molecule has 3 rings (SSSR count).